The maximum absolute atomic E-state index is 12.9. The molecule has 0 radical (unpaired) electrons. The summed E-state index contributed by atoms with van der Waals surface area (Å²) in [6.07, 6.45) is 9.31. The van der Waals surface area contributed by atoms with E-state index in [0.717, 1.165) is 42.6 Å². The van der Waals surface area contributed by atoms with Crippen molar-refractivity contribution < 1.29 is 14.6 Å². The van der Waals surface area contributed by atoms with Crippen LogP contribution < -0.4 is 15.4 Å². The molecule has 2 aliphatic rings. The molecule has 36 heavy (non-hydrogen) atoms. The standard InChI is InChI=1S/C29H34N4O3/c1-2-20-9-10-27-22(15-20)24(17-29(36-27)11-6-12-29)32-19-26(34)23(16-21-7-4-3-5-8-21)33-28(35)25-18-30-13-14-31-25/h3-5,7-10,13-15,18,23-24,26,32,34H,2,6,11-12,16-17,19H2,1H3,(H,33,35)/t23-,24-,26-/m0/s1. The van der Waals surface area contributed by atoms with Gasteiger partial charge in [-0.2, -0.15) is 0 Å². The number of rotatable bonds is 9. The van der Waals surface area contributed by atoms with Gasteiger partial charge in [0.1, 0.15) is 17.0 Å². The lowest BCUT2D eigenvalue weighted by Gasteiger charge is -2.48. The SMILES string of the molecule is CCc1ccc2c(c1)[C@@H](NC[C@H](O)[C@H](Cc1ccccc1)NC(=O)c1cnccn1)CC1(CCC1)O2. The summed E-state index contributed by atoms with van der Waals surface area (Å²) in [5.74, 6) is 0.599. The molecule has 2 heterocycles. The summed E-state index contributed by atoms with van der Waals surface area (Å²) in [5, 5.41) is 17.9. The number of aliphatic hydroxyl groups excluding tert-OH is 1. The van der Waals surface area contributed by atoms with E-state index in [0.29, 0.717) is 13.0 Å². The Labute approximate surface area is 212 Å². The molecule has 0 bridgehead atoms. The van der Waals surface area contributed by atoms with E-state index < -0.39 is 12.1 Å². The second-order valence-corrected chi connectivity index (χ2v) is 9.96. The minimum Gasteiger partial charge on any atom is -0.487 e. The summed E-state index contributed by atoms with van der Waals surface area (Å²) in [5.41, 5.74) is 3.59. The minimum absolute atomic E-state index is 0.0864. The van der Waals surface area contributed by atoms with E-state index in [9.17, 15) is 9.90 Å². The number of amides is 1. The van der Waals surface area contributed by atoms with Crippen molar-refractivity contribution in [2.24, 2.45) is 0 Å². The molecule has 1 saturated carbocycles. The van der Waals surface area contributed by atoms with Crippen molar-refractivity contribution in [2.75, 3.05) is 6.54 Å². The number of aryl methyl sites for hydroxylation is 1. The van der Waals surface area contributed by atoms with Gasteiger partial charge in [0.2, 0.25) is 0 Å². The van der Waals surface area contributed by atoms with Gasteiger partial charge in [0.05, 0.1) is 18.3 Å². The molecule has 1 spiro atoms. The second kappa shape index (κ2) is 10.8. The molecule has 2 aromatic carbocycles. The predicted octanol–water partition coefficient (Wildman–Crippen LogP) is 3.78. The molecule has 1 aliphatic heterocycles. The van der Waals surface area contributed by atoms with Crippen LogP contribution in [0.1, 0.15) is 65.8 Å². The Morgan fingerprint density at radius 3 is 2.69 bits per heavy atom. The molecule has 1 amide bonds. The lowest BCUT2D eigenvalue weighted by molar-refractivity contribution is -0.0382. The van der Waals surface area contributed by atoms with Gasteiger partial charge < -0.3 is 20.5 Å². The molecule has 3 N–H and O–H groups in total. The number of hydrogen-bond donors (Lipinski definition) is 3. The number of aromatic nitrogens is 2. The summed E-state index contributed by atoms with van der Waals surface area (Å²) in [7, 11) is 0. The normalized spacial score (nSPS) is 19.4. The van der Waals surface area contributed by atoms with E-state index in [1.54, 1.807) is 0 Å². The van der Waals surface area contributed by atoms with Crippen LogP contribution in [-0.2, 0) is 12.8 Å². The van der Waals surface area contributed by atoms with Crippen molar-refractivity contribution in [2.45, 2.75) is 69.2 Å². The van der Waals surface area contributed by atoms with Gasteiger partial charge in [-0.1, -0.05) is 49.4 Å². The first kappa shape index (κ1) is 24.4. The fourth-order valence-corrected chi connectivity index (χ4v) is 5.21. The summed E-state index contributed by atoms with van der Waals surface area (Å²) in [6, 6.07) is 15.9. The Hall–Kier alpha value is -3.29. The molecular formula is C29H34N4O3. The van der Waals surface area contributed by atoms with Gasteiger partial charge in [-0.15, -0.1) is 0 Å². The van der Waals surface area contributed by atoms with Crippen molar-refractivity contribution in [3.05, 3.63) is 89.5 Å². The van der Waals surface area contributed by atoms with E-state index in [2.05, 4.69) is 45.7 Å². The lowest BCUT2D eigenvalue weighted by Crippen LogP contribution is -2.52. The average molecular weight is 487 g/mol. The van der Waals surface area contributed by atoms with Crippen molar-refractivity contribution in [1.29, 1.82) is 0 Å². The van der Waals surface area contributed by atoms with Gasteiger partial charge in [-0.25, -0.2) is 4.98 Å². The van der Waals surface area contributed by atoms with Crippen LogP contribution in [-0.4, -0.2) is 45.3 Å². The zero-order valence-electron chi connectivity index (χ0n) is 20.7. The van der Waals surface area contributed by atoms with Gasteiger partial charge in [0.15, 0.2) is 0 Å². The Bertz CT molecular complexity index is 1170. The quantitative estimate of drug-likeness (QED) is 0.426. The molecule has 7 heteroatoms. The molecule has 0 unspecified atom stereocenters. The Balaban J connectivity index is 1.32. The third-order valence-electron chi connectivity index (χ3n) is 7.47. The fraction of sp³-hybridized carbons (Fsp3) is 0.414. The molecule has 0 saturated heterocycles. The molecule has 1 aliphatic carbocycles. The lowest BCUT2D eigenvalue weighted by atomic mass is 9.72. The van der Waals surface area contributed by atoms with Crippen LogP contribution in [0, 0.1) is 0 Å². The summed E-state index contributed by atoms with van der Waals surface area (Å²) in [6.45, 7) is 2.49. The zero-order valence-corrected chi connectivity index (χ0v) is 20.7. The highest BCUT2D eigenvalue weighted by atomic mass is 16.5. The highest BCUT2D eigenvalue weighted by Crippen LogP contribution is 2.49. The molecule has 1 fully saturated rings. The largest absolute Gasteiger partial charge is 0.487 e. The average Bonchev–Trinajstić information content (AvgIpc) is 2.90. The highest BCUT2D eigenvalue weighted by Gasteiger charge is 2.45. The number of carbonyl (C=O) groups excluding carboxylic acids is 1. The van der Waals surface area contributed by atoms with Crippen LogP contribution >= 0.6 is 0 Å². The van der Waals surface area contributed by atoms with E-state index in [1.165, 1.54) is 30.6 Å². The second-order valence-electron chi connectivity index (χ2n) is 9.96. The van der Waals surface area contributed by atoms with Gasteiger partial charge in [0.25, 0.3) is 5.91 Å². The van der Waals surface area contributed by atoms with Crippen molar-refractivity contribution >= 4 is 5.91 Å². The number of aliphatic hydroxyl groups is 1. The number of ether oxygens (including phenoxy) is 1. The third-order valence-corrected chi connectivity index (χ3v) is 7.47. The van der Waals surface area contributed by atoms with E-state index in [4.69, 9.17) is 4.74 Å². The van der Waals surface area contributed by atoms with Gasteiger partial charge in [-0.3, -0.25) is 9.78 Å². The summed E-state index contributed by atoms with van der Waals surface area (Å²) >= 11 is 0. The van der Waals surface area contributed by atoms with Crippen LogP contribution in [0.15, 0.2) is 67.1 Å². The first-order chi connectivity index (χ1) is 17.5. The number of carbonyl (C=O) groups is 1. The first-order valence-corrected chi connectivity index (χ1v) is 12.9. The van der Waals surface area contributed by atoms with Gasteiger partial charge in [0, 0.05) is 37.0 Å². The van der Waals surface area contributed by atoms with Crippen LogP contribution in [0.3, 0.4) is 0 Å². The minimum atomic E-state index is -0.802. The number of nitrogens with zero attached hydrogens (tertiary/aromatic N) is 2. The van der Waals surface area contributed by atoms with E-state index >= 15 is 0 Å². The smallest absolute Gasteiger partial charge is 0.271 e. The Kier molecular flexibility index (Phi) is 7.30. The highest BCUT2D eigenvalue weighted by molar-refractivity contribution is 5.92. The summed E-state index contributed by atoms with van der Waals surface area (Å²) < 4.78 is 6.45. The Morgan fingerprint density at radius 1 is 1.17 bits per heavy atom. The maximum Gasteiger partial charge on any atom is 0.271 e. The van der Waals surface area contributed by atoms with Crippen molar-refractivity contribution in [1.82, 2.24) is 20.6 Å². The molecule has 5 rings (SSSR count). The van der Waals surface area contributed by atoms with Crippen LogP contribution in [0.4, 0.5) is 0 Å². The topological polar surface area (TPSA) is 96.4 Å². The number of benzene rings is 2. The fourth-order valence-electron chi connectivity index (χ4n) is 5.21. The van der Waals surface area contributed by atoms with Crippen molar-refractivity contribution in [3.63, 3.8) is 0 Å². The van der Waals surface area contributed by atoms with Crippen LogP contribution in [0.25, 0.3) is 0 Å². The van der Waals surface area contributed by atoms with Gasteiger partial charge >= 0.3 is 0 Å². The third kappa shape index (κ3) is 5.42. The molecule has 3 aromatic rings. The van der Waals surface area contributed by atoms with Crippen molar-refractivity contribution in [3.8, 4) is 5.75 Å². The van der Waals surface area contributed by atoms with E-state index in [1.807, 2.05) is 30.3 Å². The molecular weight excluding hydrogens is 452 g/mol. The zero-order chi connectivity index (χ0) is 25.0. The molecule has 1 aromatic heterocycles. The monoisotopic (exact) mass is 486 g/mol. The maximum atomic E-state index is 12.9. The molecule has 7 nitrogen and oxygen atoms in total. The summed E-state index contributed by atoms with van der Waals surface area (Å²) in [4.78, 5) is 21.0. The van der Waals surface area contributed by atoms with E-state index in [-0.39, 0.29) is 23.2 Å². The number of hydrogen-bond acceptors (Lipinski definition) is 6. The predicted molar refractivity (Wildman–Crippen MR) is 138 cm³/mol. The van der Waals surface area contributed by atoms with Crippen LogP contribution in [0.2, 0.25) is 0 Å². The Morgan fingerprint density at radius 2 is 2.00 bits per heavy atom. The van der Waals surface area contributed by atoms with Crippen LogP contribution in [0.5, 0.6) is 5.75 Å². The number of fused-ring (bicyclic) bond motifs is 1. The number of nitrogens with one attached hydrogen (secondary N) is 2. The molecule has 188 valence electrons. The van der Waals surface area contributed by atoms with Gasteiger partial charge in [-0.05, 0) is 49.3 Å². The molecule has 3 atom stereocenters. The first-order valence-electron chi connectivity index (χ1n) is 12.9.